The molecule has 4 N–H and O–H groups in total. The fraction of sp³-hybridized carbons (Fsp3) is 0.717. The van der Waals surface area contributed by atoms with E-state index in [0.717, 1.165) is 70.6 Å². The minimum atomic E-state index is -1.87. The van der Waals surface area contributed by atoms with Crippen molar-refractivity contribution < 1.29 is 53.8 Å². The summed E-state index contributed by atoms with van der Waals surface area (Å²) in [5.41, 5.74) is 0. The summed E-state index contributed by atoms with van der Waals surface area (Å²) in [6.45, 7) is 3.68. The van der Waals surface area contributed by atoms with E-state index >= 15 is 0 Å². The van der Waals surface area contributed by atoms with Crippen molar-refractivity contribution in [1.82, 2.24) is 0 Å². The molecule has 0 radical (unpaired) electrons. The second-order valence-corrected chi connectivity index (χ2v) is 16.9. The molecule has 1 aliphatic heterocycles. The van der Waals surface area contributed by atoms with Crippen molar-refractivity contribution >= 4 is 17.9 Å². The smallest absolute Gasteiger partial charge is 0.335 e. The number of rotatable bonds is 41. The lowest BCUT2D eigenvalue weighted by Gasteiger charge is -2.38. The third-order valence-electron chi connectivity index (χ3n) is 11.0. The maximum absolute atomic E-state index is 12.8. The van der Waals surface area contributed by atoms with E-state index in [1.807, 2.05) is 0 Å². The summed E-state index contributed by atoms with van der Waals surface area (Å²) in [4.78, 5) is 37.0. The third kappa shape index (κ3) is 33.2. The predicted molar refractivity (Wildman–Crippen MR) is 257 cm³/mol. The molecule has 0 amide bonds. The van der Waals surface area contributed by atoms with Gasteiger partial charge in [0.05, 0.1) is 6.61 Å². The van der Waals surface area contributed by atoms with Gasteiger partial charge in [0.25, 0.3) is 0 Å². The van der Waals surface area contributed by atoms with Crippen molar-refractivity contribution in [2.75, 3.05) is 13.2 Å². The van der Waals surface area contributed by atoms with Crippen LogP contribution in [0.4, 0.5) is 0 Å². The Labute approximate surface area is 387 Å². The van der Waals surface area contributed by atoms with E-state index in [2.05, 4.69) is 86.8 Å². The van der Waals surface area contributed by atoms with Crippen LogP contribution in [0.1, 0.15) is 194 Å². The first-order chi connectivity index (χ1) is 31.2. The number of unbranched alkanes of at least 4 members (excludes halogenated alkanes) is 18. The predicted octanol–water partition coefficient (Wildman–Crippen LogP) is 11.6. The van der Waals surface area contributed by atoms with Gasteiger partial charge in [-0.15, -0.1) is 0 Å². The first-order valence-corrected chi connectivity index (χ1v) is 25.0. The molecule has 1 heterocycles. The number of hydrogen-bond acceptors (Lipinski definition) is 10. The molecular weight excluding hydrogens is 813 g/mol. The molecule has 1 rings (SSSR count). The number of hydrogen-bond donors (Lipinski definition) is 4. The number of carbonyl (C=O) groups is 3. The van der Waals surface area contributed by atoms with Gasteiger partial charge >= 0.3 is 17.9 Å². The zero-order valence-corrected chi connectivity index (χ0v) is 39.8. The highest BCUT2D eigenvalue weighted by Crippen LogP contribution is 2.23. The van der Waals surface area contributed by atoms with Crippen molar-refractivity contribution in [2.24, 2.45) is 0 Å². The number of carboxylic acid groups (broad SMARTS) is 1. The normalized spacial score (nSPS) is 19.9. The number of aliphatic hydroxyl groups is 3. The van der Waals surface area contributed by atoms with E-state index in [1.54, 1.807) is 0 Å². The maximum atomic E-state index is 12.8. The largest absolute Gasteiger partial charge is 0.479 e. The lowest BCUT2D eigenvalue weighted by atomic mass is 9.99. The molecule has 64 heavy (non-hydrogen) atoms. The summed E-state index contributed by atoms with van der Waals surface area (Å²) in [5, 5.41) is 39.9. The minimum Gasteiger partial charge on any atom is -0.479 e. The van der Waals surface area contributed by atoms with E-state index in [-0.39, 0.29) is 19.4 Å². The molecule has 1 fully saturated rings. The molecule has 0 aliphatic carbocycles. The molecule has 1 saturated heterocycles. The molecule has 1 aliphatic rings. The van der Waals surface area contributed by atoms with Gasteiger partial charge in [-0.3, -0.25) is 9.59 Å². The maximum Gasteiger partial charge on any atom is 0.335 e. The Kier molecular flexibility index (Phi) is 38.8. The van der Waals surface area contributed by atoms with Crippen LogP contribution in [0, 0.1) is 0 Å². The van der Waals surface area contributed by atoms with Crippen LogP contribution in [0.3, 0.4) is 0 Å². The van der Waals surface area contributed by atoms with Crippen molar-refractivity contribution in [3.05, 3.63) is 72.9 Å². The lowest BCUT2D eigenvalue weighted by molar-refractivity contribution is -0.298. The van der Waals surface area contributed by atoms with Crippen LogP contribution in [0.25, 0.3) is 0 Å². The second kappa shape index (κ2) is 42.3. The fourth-order valence-electron chi connectivity index (χ4n) is 7.14. The van der Waals surface area contributed by atoms with Gasteiger partial charge in [-0.2, -0.15) is 0 Å². The quantitative estimate of drug-likeness (QED) is 0.0262. The number of ether oxygens (including phenoxy) is 4. The van der Waals surface area contributed by atoms with Crippen molar-refractivity contribution in [3.8, 4) is 0 Å². The summed E-state index contributed by atoms with van der Waals surface area (Å²) < 4.78 is 21.8. The third-order valence-corrected chi connectivity index (χ3v) is 11.0. The summed E-state index contributed by atoms with van der Waals surface area (Å²) in [6.07, 6.45) is 45.2. The Morgan fingerprint density at radius 1 is 0.500 bits per heavy atom. The zero-order valence-electron chi connectivity index (χ0n) is 39.8. The zero-order chi connectivity index (χ0) is 46.7. The van der Waals surface area contributed by atoms with Gasteiger partial charge in [0, 0.05) is 12.8 Å². The summed E-state index contributed by atoms with van der Waals surface area (Å²) >= 11 is 0. The van der Waals surface area contributed by atoms with Crippen LogP contribution in [-0.2, 0) is 33.3 Å². The topological polar surface area (TPSA) is 169 Å². The number of aliphatic hydroxyl groups excluding tert-OH is 3. The highest BCUT2D eigenvalue weighted by molar-refractivity contribution is 5.73. The minimum absolute atomic E-state index is 0.170. The van der Waals surface area contributed by atoms with E-state index in [0.29, 0.717) is 12.8 Å². The fourth-order valence-corrected chi connectivity index (χ4v) is 7.14. The van der Waals surface area contributed by atoms with Crippen LogP contribution in [0.15, 0.2) is 72.9 Å². The molecule has 6 atom stereocenters. The molecule has 0 spiro atoms. The second-order valence-electron chi connectivity index (χ2n) is 16.9. The summed E-state index contributed by atoms with van der Waals surface area (Å²) in [5.74, 6) is -2.49. The summed E-state index contributed by atoms with van der Waals surface area (Å²) in [6, 6.07) is 0. The van der Waals surface area contributed by atoms with Gasteiger partial charge in [-0.25, -0.2) is 4.79 Å². The average molecular weight is 901 g/mol. The van der Waals surface area contributed by atoms with Gasteiger partial charge in [-0.05, 0) is 83.5 Å². The van der Waals surface area contributed by atoms with E-state index in [1.165, 1.54) is 83.5 Å². The van der Waals surface area contributed by atoms with Gasteiger partial charge < -0.3 is 39.4 Å². The number of allylic oxidation sites excluding steroid dienone is 12. The van der Waals surface area contributed by atoms with Gasteiger partial charge in [0.15, 0.2) is 18.5 Å². The molecule has 0 aromatic rings. The highest BCUT2D eigenvalue weighted by atomic mass is 16.7. The number of carbonyl (C=O) groups excluding carboxylic acids is 2. The van der Waals surface area contributed by atoms with Crippen LogP contribution in [0.2, 0.25) is 0 Å². The molecule has 11 heteroatoms. The Morgan fingerprint density at radius 2 is 0.922 bits per heavy atom. The van der Waals surface area contributed by atoms with Crippen LogP contribution < -0.4 is 0 Å². The Balaban J connectivity index is 2.35. The van der Waals surface area contributed by atoms with Crippen molar-refractivity contribution in [2.45, 2.75) is 230 Å². The van der Waals surface area contributed by atoms with Crippen molar-refractivity contribution in [3.63, 3.8) is 0 Å². The monoisotopic (exact) mass is 901 g/mol. The van der Waals surface area contributed by atoms with E-state index in [4.69, 9.17) is 18.9 Å². The van der Waals surface area contributed by atoms with Crippen molar-refractivity contribution in [1.29, 1.82) is 0 Å². The molecular formula is C53H88O11. The molecule has 366 valence electrons. The SMILES string of the molecule is CC/C=C\C/C=C\C/C=C\C/C=C\C/C=C\CCCCCC(=O)OCC(COC1OC(C(=O)O)C(O)C(O)C1O)OC(=O)CCCCCCCCCCC/C=C\CCCCCCCC. The molecule has 6 unspecified atom stereocenters. The summed E-state index contributed by atoms with van der Waals surface area (Å²) in [7, 11) is 0. The van der Waals surface area contributed by atoms with E-state index in [9.17, 15) is 34.8 Å². The molecule has 11 nitrogen and oxygen atoms in total. The van der Waals surface area contributed by atoms with Gasteiger partial charge in [0.2, 0.25) is 0 Å². The lowest BCUT2D eigenvalue weighted by Crippen LogP contribution is -2.60. The highest BCUT2D eigenvalue weighted by Gasteiger charge is 2.47. The van der Waals surface area contributed by atoms with Crippen LogP contribution in [-0.4, -0.2) is 88.4 Å². The first kappa shape index (κ1) is 58.7. The Bertz CT molecular complexity index is 1340. The number of esters is 2. The number of aliphatic carboxylic acids is 1. The molecule has 0 saturated carbocycles. The average Bonchev–Trinajstić information content (AvgIpc) is 3.28. The molecule has 0 aromatic carbocycles. The van der Waals surface area contributed by atoms with Crippen LogP contribution in [0.5, 0.6) is 0 Å². The van der Waals surface area contributed by atoms with Gasteiger partial charge in [-0.1, -0.05) is 170 Å². The number of carboxylic acids is 1. The Morgan fingerprint density at radius 3 is 1.42 bits per heavy atom. The Hall–Kier alpha value is -3.35. The molecule has 0 aromatic heterocycles. The standard InChI is InChI=1S/C53H88O11/c1-3-5-7-9-11-13-15-17-19-21-23-25-27-29-31-33-35-37-39-41-46(54)61-43-45(44-62-53-50(58)48(56)49(57)51(64-53)52(59)60)63-47(55)42-40-38-36-34-32-30-28-26-24-22-20-18-16-14-12-10-8-6-4-2/h5,7,11,13,17-20,23,25,29,31,45,48-51,53,56-58H,3-4,6,8-10,12,14-16,21-22,24,26-28,30,32-44H2,1-2H3,(H,59,60)/b7-5-,13-11-,19-17-,20-18-,25-23-,31-29-. The van der Waals surface area contributed by atoms with E-state index < -0.39 is 61.3 Å². The van der Waals surface area contributed by atoms with Crippen LogP contribution >= 0.6 is 0 Å². The first-order valence-electron chi connectivity index (χ1n) is 25.0. The molecule has 0 bridgehead atoms. The van der Waals surface area contributed by atoms with Gasteiger partial charge in [0.1, 0.15) is 24.9 Å².